The van der Waals surface area contributed by atoms with E-state index in [-0.39, 0.29) is 33.6 Å². The quantitative estimate of drug-likeness (QED) is 0.0580. The average molecular weight is 1490 g/mol. The molecular formula is C91H113N17O3. The van der Waals surface area contributed by atoms with Crippen LogP contribution in [0.4, 0.5) is 0 Å². The number of nitrogens with zero attached hydrogens (tertiary/aromatic N) is 17. The summed E-state index contributed by atoms with van der Waals surface area (Å²) in [7, 11) is 9.84. The lowest BCUT2D eigenvalue weighted by Gasteiger charge is -2.23. The van der Waals surface area contributed by atoms with Crippen molar-refractivity contribution in [1.29, 1.82) is 0 Å². The molecular weight excluding hydrogens is 1380 g/mol. The molecule has 111 heavy (non-hydrogen) atoms. The summed E-state index contributed by atoms with van der Waals surface area (Å²) in [6.07, 6.45) is 16.8. The maximum Gasteiger partial charge on any atom is 0.167 e. The number of hydrogen-bond donors (Lipinski definition) is 0. The first-order chi connectivity index (χ1) is 52.4. The molecule has 0 bridgehead atoms. The van der Waals surface area contributed by atoms with Crippen molar-refractivity contribution in [1.82, 2.24) is 84.1 Å². The molecule has 6 aromatic carbocycles. The second-order valence-corrected chi connectivity index (χ2v) is 34.3. The van der Waals surface area contributed by atoms with Crippen molar-refractivity contribution in [3.8, 4) is 50.8 Å². The van der Waals surface area contributed by atoms with E-state index in [9.17, 15) is 14.4 Å². The first-order valence-corrected chi connectivity index (χ1v) is 38.9. The van der Waals surface area contributed by atoms with Crippen molar-refractivity contribution in [2.24, 2.45) is 27.1 Å². The first kappa shape index (κ1) is 81.3. The first-order valence-electron chi connectivity index (χ1n) is 38.9. The molecule has 1 saturated heterocycles. The minimum Gasteiger partial charge on any atom is -0.305 e. The minimum atomic E-state index is -0.0359. The van der Waals surface area contributed by atoms with Gasteiger partial charge in [-0.15, -0.1) is 15.3 Å². The van der Waals surface area contributed by atoms with Crippen LogP contribution >= 0.6 is 0 Å². The van der Waals surface area contributed by atoms with Gasteiger partial charge in [-0.05, 0) is 238 Å². The SMILES string of the molecule is Cc1ccc(CC(=O)c2cc(CCC(C)C)cc(C(C)(C)C)c2)cc1-n1cc(-c2cnn(C)c2C)nn1.Cc1ccc(CC(=O)c2cc(CN(C)C)cc(C(C)(C)C)c2)cc1-n1cc(-c2cnn(C)c2C)nn1.Cc1ccc(CC(=O)c2cc(CN3CCCC3)cc(C(C)(C)C)c2)cc1-n1cc(-c2cnn(C)c2C)nn1. The summed E-state index contributed by atoms with van der Waals surface area (Å²) in [6, 6.07) is 37.6. The lowest BCUT2D eigenvalue weighted by Crippen LogP contribution is -2.20. The topological polar surface area (TPSA) is 203 Å². The summed E-state index contributed by atoms with van der Waals surface area (Å²) in [5.74, 6) is 1.01. The Labute approximate surface area is 656 Å². The van der Waals surface area contributed by atoms with Gasteiger partial charge in [-0.3, -0.25) is 33.3 Å². The Bertz CT molecular complexity index is 5330. The third-order valence-electron chi connectivity index (χ3n) is 21.3. The summed E-state index contributed by atoms with van der Waals surface area (Å²) in [6.45, 7) is 40.4. The van der Waals surface area contributed by atoms with Gasteiger partial charge in [0.25, 0.3) is 0 Å². The second-order valence-electron chi connectivity index (χ2n) is 34.3. The molecule has 1 fully saturated rings. The van der Waals surface area contributed by atoms with Gasteiger partial charge in [-0.2, -0.15) is 15.3 Å². The molecule has 1 aliphatic rings. The number of benzene rings is 6. The van der Waals surface area contributed by atoms with Crippen LogP contribution in [-0.4, -0.2) is 129 Å². The number of aromatic nitrogens is 15. The van der Waals surface area contributed by atoms with E-state index in [1.165, 1.54) is 40.7 Å². The molecule has 7 heterocycles. The molecule has 0 radical (unpaired) electrons. The van der Waals surface area contributed by atoms with Gasteiger partial charge < -0.3 is 4.90 Å². The maximum atomic E-state index is 13.6. The van der Waals surface area contributed by atoms with Gasteiger partial charge in [0.2, 0.25) is 0 Å². The van der Waals surface area contributed by atoms with Gasteiger partial charge in [-0.1, -0.05) is 146 Å². The number of ketones is 3. The Balaban J connectivity index is 0.000000165. The summed E-state index contributed by atoms with van der Waals surface area (Å²) in [5.41, 5.74) is 26.7. The molecule has 13 rings (SSSR count). The van der Waals surface area contributed by atoms with Crippen molar-refractivity contribution in [3.05, 3.63) is 247 Å². The van der Waals surface area contributed by atoms with Crippen LogP contribution in [0.2, 0.25) is 0 Å². The number of aryl methyl sites for hydroxylation is 7. The van der Waals surface area contributed by atoms with Gasteiger partial charge in [0.05, 0.1) is 54.2 Å². The number of Topliss-reactive ketones (excluding diaryl/α,β-unsaturated/α-hetero) is 3. The fraction of sp³-hybridized carbons (Fsp3) is 0.407. The van der Waals surface area contributed by atoms with E-state index < -0.39 is 0 Å². The number of likely N-dealkylation sites (tertiary alicyclic amines) is 1. The molecule has 1 aliphatic heterocycles. The molecule has 6 aromatic heterocycles. The van der Waals surface area contributed by atoms with Gasteiger partial charge in [-0.25, -0.2) is 14.0 Å². The molecule has 0 aliphatic carbocycles. The molecule has 580 valence electrons. The van der Waals surface area contributed by atoms with E-state index in [2.05, 4.69) is 206 Å². The predicted molar refractivity (Wildman–Crippen MR) is 444 cm³/mol. The molecule has 12 aromatic rings. The van der Waals surface area contributed by atoms with E-state index in [1.54, 1.807) is 14.0 Å². The molecule has 0 atom stereocenters. The summed E-state index contributed by atoms with van der Waals surface area (Å²) in [4.78, 5) is 45.1. The van der Waals surface area contributed by atoms with Gasteiger partial charge in [0.15, 0.2) is 17.3 Å². The van der Waals surface area contributed by atoms with Crippen LogP contribution in [0, 0.1) is 47.5 Å². The summed E-state index contributed by atoms with van der Waals surface area (Å²) >= 11 is 0. The highest BCUT2D eigenvalue weighted by Crippen LogP contribution is 2.33. The largest absolute Gasteiger partial charge is 0.305 e. The molecule has 20 heteroatoms. The van der Waals surface area contributed by atoms with Gasteiger partial charge in [0, 0.05) is 104 Å². The van der Waals surface area contributed by atoms with E-state index in [0.29, 0.717) is 25.2 Å². The average Bonchev–Trinajstić information content (AvgIpc) is 1.80. The van der Waals surface area contributed by atoms with Crippen LogP contribution in [0.5, 0.6) is 0 Å². The zero-order valence-corrected chi connectivity index (χ0v) is 69.5. The predicted octanol–water partition coefficient (Wildman–Crippen LogP) is 17.3. The summed E-state index contributed by atoms with van der Waals surface area (Å²) < 4.78 is 10.8. The monoisotopic (exact) mass is 1490 g/mol. The third kappa shape index (κ3) is 20.1. The van der Waals surface area contributed by atoms with E-state index in [1.807, 2.05) is 164 Å². The van der Waals surface area contributed by atoms with Crippen LogP contribution in [-0.2, 0) is 76.2 Å². The number of hydrogen-bond acceptors (Lipinski definition) is 14. The normalized spacial score (nSPS) is 12.8. The standard InChI is InChI=1S/C31H38N6O.C31H39N5O.C29H36N6O/c1-21-9-10-23(15-29(21)37-20-28(33-34-37)27-18-32-35(6)22(27)2)16-30(38)25-13-24(19-36-11-7-8-12-36)14-26(17-25)31(3,4)5;1-20(2)9-11-23-13-25(17-26(14-23)31(5,6)7)30(37)16-24-12-10-21(3)29(15-24)36-19-28(33-34-36)27-18-32-35(8)22(27)4;1-19-9-10-21(13-27(19)35-18-26(31-32-35)25-16-30-34(8)20(25)2)14-28(36)23-11-22(17-33(6)7)12-24(15-23)29(3,4)5/h9-10,13-15,17-18,20H,7-8,11-12,16,19H2,1-6H3;10,12-15,17-20H,9,11,16H2,1-8H3;9-13,15-16,18H,14,17H2,1-8H3. The van der Waals surface area contributed by atoms with E-state index >= 15 is 0 Å². The zero-order chi connectivity index (χ0) is 80.1. The lowest BCUT2D eigenvalue weighted by atomic mass is 9.83. The highest BCUT2D eigenvalue weighted by molar-refractivity contribution is 5.99. The van der Waals surface area contributed by atoms with Crippen molar-refractivity contribution < 1.29 is 14.4 Å². The number of carbonyl (C=O) groups excluding carboxylic acids is 3. The number of carbonyl (C=O) groups is 3. The highest BCUT2D eigenvalue weighted by Gasteiger charge is 2.25. The molecule has 0 spiro atoms. The van der Waals surface area contributed by atoms with Crippen molar-refractivity contribution >= 4 is 17.3 Å². The van der Waals surface area contributed by atoms with Crippen LogP contribution < -0.4 is 0 Å². The van der Waals surface area contributed by atoms with E-state index in [0.717, 1.165) is 163 Å². The fourth-order valence-electron chi connectivity index (χ4n) is 13.9. The van der Waals surface area contributed by atoms with Crippen molar-refractivity contribution in [3.63, 3.8) is 0 Å². The second kappa shape index (κ2) is 33.9. The summed E-state index contributed by atoms with van der Waals surface area (Å²) in [5, 5.41) is 39.2. The molecule has 0 N–H and O–H groups in total. The number of rotatable bonds is 22. The van der Waals surface area contributed by atoms with E-state index in [4.69, 9.17) is 0 Å². The van der Waals surface area contributed by atoms with Crippen LogP contribution in [0.1, 0.15) is 210 Å². The Morgan fingerprint density at radius 2 is 0.748 bits per heavy atom. The molecule has 0 amide bonds. The van der Waals surface area contributed by atoms with Gasteiger partial charge >= 0.3 is 0 Å². The minimum absolute atomic E-state index is 0.0165. The highest BCUT2D eigenvalue weighted by atomic mass is 16.1. The fourth-order valence-corrected chi connectivity index (χ4v) is 13.9. The Kier molecular flexibility index (Phi) is 24.8. The Morgan fingerprint density at radius 3 is 1.06 bits per heavy atom. The van der Waals surface area contributed by atoms with Crippen LogP contribution in [0.15, 0.2) is 146 Å². The van der Waals surface area contributed by atoms with Crippen LogP contribution in [0.3, 0.4) is 0 Å². The smallest absolute Gasteiger partial charge is 0.167 e. The maximum absolute atomic E-state index is 13.6. The zero-order valence-electron chi connectivity index (χ0n) is 69.5. The van der Waals surface area contributed by atoms with Gasteiger partial charge in [0.1, 0.15) is 17.1 Å². The Hall–Kier alpha value is -10.7. The third-order valence-corrected chi connectivity index (χ3v) is 21.3. The lowest BCUT2D eigenvalue weighted by molar-refractivity contribution is 0.0984. The molecule has 0 saturated carbocycles. The van der Waals surface area contributed by atoms with Crippen molar-refractivity contribution in [2.45, 2.75) is 192 Å². The molecule has 20 nitrogen and oxygen atoms in total. The van der Waals surface area contributed by atoms with Crippen LogP contribution in [0.25, 0.3) is 50.8 Å². The Morgan fingerprint density at radius 1 is 0.423 bits per heavy atom. The molecule has 0 unspecified atom stereocenters. The van der Waals surface area contributed by atoms with Crippen molar-refractivity contribution in [2.75, 3.05) is 27.2 Å².